The summed E-state index contributed by atoms with van der Waals surface area (Å²) in [5, 5.41) is 0.737. The summed E-state index contributed by atoms with van der Waals surface area (Å²) >= 11 is 6.34. The molecule has 0 bridgehead atoms. The predicted octanol–water partition coefficient (Wildman–Crippen LogP) is 2.65. The third-order valence-electron chi connectivity index (χ3n) is 3.31. The molecule has 0 spiro atoms. The molecule has 1 aromatic rings. The normalized spacial score (nSPS) is 17.6. The fourth-order valence-electron chi connectivity index (χ4n) is 2.17. The van der Waals surface area contributed by atoms with Gasteiger partial charge in [0.1, 0.15) is 5.75 Å². The molecule has 1 aliphatic carbocycles. The molecule has 0 heterocycles. The van der Waals surface area contributed by atoms with Crippen LogP contribution in [0.4, 0.5) is 0 Å². The summed E-state index contributed by atoms with van der Waals surface area (Å²) in [5.41, 5.74) is 8.35. The highest BCUT2D eigenvalue weighted by molar-refractivity contribution is 6.33. The second-order valence-corrected chi connectivity index (χ2v) is 4.64. The lowest BCUT2D eigenvalue weighted by Crippen LogP contribution is -2.21. The molecule has 1 aromatic carbocycles. The Morgan fingerprint density at radius 1 is 1.47 bits per heavy atom. The van der Waals surface area contributed by atoms with E-state index in [9.17, 15) is 0 Å². The van der Waals surface area contributed by atoms with Crippen LogP contribution in [0, 0.1) is 6.92 Å². The minimum Gasteiger partial charge on any atom is -0.495 e. The summed E-state index contributed by atoms with van der Waals surface area (Å²) in [6.45, 7) is 2.75. The molecular formula is C12H16ClNO. The van der Waals surface area contributed by atoms with Gasteiger partial charge in [-0.2, -0.15) is 0 Å². The Labute approximate surface area is 95.4 Å². The monoisotopic (exact) mass is 225 g/mol. The summed E-state index contributed by atoms with van der Waals surface area (Å²) in [6, 6.07) is 3.96. The summed E-state index contributed by atoms with van der Waals surface area (Å²) in [6.07, 6.45) is 2.27. The van der Waals surface area contributed by atoms with Crippen molar-refractivity contribution in [3.05, 3.63) is 28.3 Å². The standard InChI is InChI=1S/C12H16ClNO/c1-8-3-4-9(15-2)11(13)10(8)12(7-14)5-6-12/h3-4H,5-7,14H2,1-2H3. The van der Waals surface area contributed by atoms with Crippen LogP contribution in [0.5, 0.6) is 5.75 Å². The van der Waals surface area contributed by atoms with Crippen LogP contribution in [0.2, 0.25) is 5.02 Å². The van der Waals surface area contributed by atoms with Crippen molar-refractivity contribution in [2.75, 3.05) is 13.7 Å². The largest absolute Gasteiger partial charge is 0.495 e. The second-order valence-electron chi connectivity index (χ2n) is 4.26. The topological polar surface area (TPSA) is 35.2 Å². The molecule has 1 saturated carbocycles. The molecule has 0 amide bonds. The van der Waals surface area contributed by atoms with Crippen LogP contribution in [0.25, 0.3) is 0 Å². The number of halogens is 1. The Hall–Kier alpha value is -0.730. The van der Waals surface area contributed by atoms with E-state index < -0.39 is 0 Å². The average Bonchev–Trinajstić information content (AvgIpc) is 2.99. The maximum absolute atomic E-state index is 6.34. The number of benzene rings is 1. The zero-order valence-corrected chi connectivity index (χ0v) is 9.90. The number of nitrogens with two attached hydrogens (primary N) is 1. The predicted molar refractivity (Wildman–Crippen MR) is 62.7 cm³/mol. The lowest BCUT2D eigenvalue weighted by Gasteiger charge is -2.19. The van der Waals surface area contributed by atoms with Gasteiger partial charge in [0.25, 0.3) is 0 Å². The SMILES string of the molecule is COc1ccc(C)c(C2(CN)CC2)c1Cl. The van der Waals surface area contributed by atoms with E-state index in [1.54, 1.807) is 7.11 Å². The Morgan fingerprint density at radius 2 is 2.13 bits per heavy atom. The van der Waals surface area contributed by atoms with Gasteiger partial charge in [0, 0.05) is 12.0 Å². The lowest BCUT2D eigenvalue weighted by molar-refractivity contribution is 0.413. The molecule has 0 aliphatic heterocycles. The van der Waals surface area contributed by atoms with Crippen molar-refractivity contribution in [1.82, 2.24) is 0 Å². The summed E-state index contributed by atoms with van der Waals surface area (Å²) in [4.78, 5) is 0. The minimum atomic E-state index is 0.121. The first-order valence-electron chi connectivity index (χ1n) is 5.18. The summed E-state index contributed by atoms with van der Waals surface area (Å²) in [7, 11) is 1.64. The van der Waals surface area contributed by atoms with Gasteiger partial charge in [-0.05, 0) is 37.0 Å². The van der Waals surface area contributed by atoms with Gasteiger partial charge in [0.15, 0.2) is 0 Å². The molecular weight excluding hydrogens is 210 g/mol. The maximum Gasteiger partial charge on any atom is 0.137 e. The average molecular weight is 226 g/mol. The van der Waals surface area contributed by atoms with Crippen molar-refractivity contribution in [3.8, 4) is 5.75 Å². The molecule has 82 valence electrons. The Balaban J connectivity index is 2.54. The third-order valence-corrected chi connectivity index (χ3v) is 3.68. The van der Waals surface area contributed by atoms with Gasteiger partial charge >= 0.3 is 0 Å². The molecule has 2 nitrogen and oxygen atoms in total. The quantitative estimate of drug-likeness (QED) is 0.859. The minimum absolute atomic E-state index is 0.121. The van der Waals surface area contributed by atoms with Crippen molar-refractivity contribution in [1.29, 1.82) is 0 Å². The number of hydrogen-bond donors (Lipinski definition) is 1. The van der Waals surface area contributed by atoms with Crippen LogP contribution in [0.1, 0.15) is 24.0 Å². The molecule has 0 aromatic heterocycles. The van der Waals surface area contributed by atoms with Crippen molar-refractivity contribution in [3.63, 3.8) is 0 Å². The fraction of sp³-hybridized carbons (Fsp3) is 0.500. The van der Waals surface area contributed by atoms with Crippen molar-refractivity contribution in [2.24, 2.45) is 5.73 Å². The van der Waals surface area contributed by atoms with Gasteiger partial charge in [-0.3, -0.25) is 0 Å². The highest BCUT2D eigenvalue weighted by atomic mass is 35.5. The van der Waals surface area contributed by atoms with E-state index in [2.05, 4.69) is 13.0 Å². The van der Waals surface area contributed by atoms with Gasteiger partial charge < -0.3 is 10.5 Å². The molecule has 15 heavy (non-hydrogen) atoms. The van der Waals surface area contributed by atoms with Gasteiger partial charge in [-0.1, -0.05) is 17.7 Å². The second kappa shape index (κ2) is 3.69. The van der Waals surface area contributed by atoms with Crippen molar-refractivity contribution < 1.29 is 4.74 Å². The number of aryl methyl sites for hydroxylation is 1. The highest BCUT2D eigenvalue weighted by Gasteiger charge is 2.45. The number of hydrogen-bond acceptors (Lipinski definition) is 2. The van der Waals surface area contributed by atoms with Crippen LogP contribution >= 0.6 is 11.6 Å². The molecule has 2 N–H and O–H groups in total. The highest BCUT2D eigenvalue weighted by Crippen LogP contribution is 2.52. The van der Waals surface area contributed by atoms with Crippen LogP contribution in [-0.4, -0.2) is 13.7 Å². The van der Waals surface area contributed by atoms with Crippen LogP contribution in [0.15, 0.2) is 12.1 Å². The molecule has 0 saturated heterocycles. The fourth-order valence-corrected chi connectivity index (χ4v) is 2.66. The van der Waals surface area contributed by atoms with Crippen LogP contribution in [0.3, 0.4) is 0 Å². The first kappa shape index (κ1) is 10.8. The van der Waals surface area contributed by atoms with Crippen molar-refractivity contribution in [2.45, 2.75) is 25.2 Å². The Kier molecular flexibility index (Phi) is 2.65. The number of rotatable bonds is 3. The van der Waals surface area contributed by atoms with Gasteiger partial charge in [-0.25, -0.2) is 0 Å². The van der Waals surface area contributed by atoms with Gasteiger partial charge in [0.2, 0.25) is 0 Å². The van der Waals surface area contributed by atoms with E-state index in [-0.39, 0.29) is 5.41 Å². The molecule has 0 atom stereocenters. The maximum atomic E-state index is 6.34. The van der Waals surface area contributed by atoms with Crippen LogP contribution in [-0.2, 0) is 5.41 Å². The van der Waals surface area contributed by atoms with E-state index in [0.29, 0.717) is 6.54 Å². The summed E-state index contributed by atoms with van der Waals surface area (Å²) in [5.74, 6) is 0.747. The zero-order chi connectivity index (χ0) is 11.1. The Morgan fingerprint density at radius 3 is 2.60 bits per heavy atom. The number of methoxy groups -OCH3 is 1. The molecule has 0 unspecified atom stereocenters. The van der Waals surface area contributed by atoms with Crippen LogP contribution < -0.4 is 10.5 Å². The first-order chi connectivity index (χ1) is 7.14. The first-order valence-corrected chi connectivity index (χ1v) is 5.56. The van der Waals surface area contributed by atoms with Gasteiger partial charge in [-0.15, -0.1) is 0 Å². The third kappa shape index (κ3) is 1.62. The van der Waals surface area contributed by atoms with E-state index in [1.807, 2.05) is 6.07 Å². The molecule has 2 rings (SSSR count). The molecule has 0 radical (unpaired) electrons. The number of ether oxygens (including phenoxy) is 1. The van der Waals surface area contributed by atoms with E-state index >= 15 is 0 Å². The molecule has 1 fully saturated rings. The van der Waals surface area contributed by atoms with E-state index in [1.165, 1.54) is 11.1 Å². The Bertz CT molecular complexity index is 385. The summed E-state index contributed by atoms with van der Waals surface area (Å²) < 4.78 is 5.24. The molecule has 3 heteroatoms. The smallest absolute Gasteiger partial charge is 0.137 e. The van der Waals surface area contributed by atoms with E-state index in [0.717, 1.165) is 23.6 Å². The lowest BCUT2D eigenvalue weighted by atomic mass is 9.91. The zero-order valence-electron chi connectivity index (χ0n) is 9.14. The van der Waals surface area contributed by atoms with E-state index in [4.69, 9.17) is 22.1 Å². The molecule has 1 aliphatic rings. The van der Waals surface area contributed by atoms with Gasteiger partial charge in [0.05, 0.1) is 12.1 Å². The van der Waals surface area contributed by atoms with Crippen molar-refractivity contribution >= 4 is 11.6 Å².